The normalized spacial score (nSPS) is 19.0. The molecule has 0 aliphatic carbocycles. The van der Waals surface area contributed by atoms with Crippen molar-refractivity contribution in [2.24, 2.45) is 5.92 Å². The van der Waals surface area contributed by atoms with Crippen LogP contribution in [0.4, 0.5) is 13.2 Å². The van der Waals surface area contributed by atoms with E-state index in [1.807, 2.05) is 25.1 Å². The molecule has 0 spiro atoms. The van der Waals surface area contributed by atoms with Crippen LogP contribution in [0.1, 0.15) is 42.9 Å². The summed E-state index contributed by atoms with van der Waals surface area (Å²) in [6, 6.07) is 7.28. The number of aliphatic carboxylic acids is 1. The van der Waals surface area contributed by atoms with E-state index in [2.05, 4.69) is 23.7 Å². The maximum atomic E-state index is 13.4. The van der Waals surface area contributed by atoms with Gasteiger partial charge >= 0.3 is 12.1 Å². The second-order valence-corrected chi connectivity index (χ2v) is 11.8. The van der Waals surface area contributed by atoms with Crippen molar-refractivity contribution in [3.63, 3.8) is 0 Å². The Bertz CT molecular complexity index is 1280. The lowest BCUT2D eigenvalue weighted by Gasteiger charge is -2.22. The molecule has 1 aromatic carbocycles. The molecule has 1 fully saturated rings. The molecule has 1 N–H and O–H groups in total. The van der Waals surface area contributed by atoms with Crippen molar-refractivity contribution in [1.82, 2.24) is 23.7 Å². The summed E-state index contributed by atoms with van der Waals surface area (Å²) < 4.78 is 61.9. The monoisotopic (exact) mass is 559 g/mol. The minimum Gasteiger partial charge on any atom is -0.475 e. The molecule has 3 heterocycles. The summed E-state index contributed by atoms with van der Waals surface area (Å²) in [5.74, 6) is -2.52. The van der Waals surface area contributed by atoms with Gasteiger partial charge in [-0.15, -0.1) is 0 Å². The number of halogens is 3. The number of sulfonamides is 1. The predicted molar refractivity (Wildman–Crippen MR) is 132 cm³/mol. The number of hydrogen-bond acceptors (Lipinski definition) is 6. The van der Waals surface area contributed by atoms with Gasteiger partial charge in [-0.2, -0.15) is 17.5 Å². The molecule has 1 unspecified atom stereocenters. The smallest absolute Gasteiger partial charge is 0.475 e. The Balaban J connectivity index is 0.000000505. The van der Waals surface area contributed by atoms with Crippen LogP contribution in [-0.2, 0) is 21.4 Å². The molecule has 2 aromatic rings. The number of benzene rings is 1. The van der Waals surface area contributed by atoms with E-state index in [1.54, 1.807) is 29.1 Å². The van der Waals surface area contributed by atoms with Crippen LogP contribution in [0.2, 0.25) is 0 Å². The Hall–Kier alpha value is -2.97. The number of carboxylic acids is 1. The zero-order valence-electron chi connectivity index (χ0n) is 21.6. The highest BCUT2D eigenvalue weighted by atomic mass is 32.2. The maximum Gasteiger partial charge on any atom is 0.490 e. The van der Waals surface area contributed by atoms with E-state index in [9.17, 15) is 26.4 Å². The van der Waals surface area contributed by atoms with E-state index in [0.29, 0.717) is 48.7 Å². The number of fused-ring (bicyclic) bond motifs is 3. The van der Waals surface area contributed by atoms with Gasteiger partial charge in [-0.1, -0.05) is 26.0 Å². The lowest BCUT2D eigenvalue weighted by molar-refractivity contribution is -0.192. The zero-order valence-corrected chi connectivity index (χ0v) is 22.5. The number of carboxylic acid groups (broad SMARTS) is 1. The number of hydrogen-bond donors (Lipinski definition) is 1. The number of carbonyl (C=O) groups excluding carboxylic acids is 1. The van der Waals surface area contributed by atoms with Gasteiger partial charge in [0.15, 0.2) is 5.69 Å². The molecule has 10 nitrogen and oxygen atoms in total. The van der Waals surface area contributed by atoms with Crippen molar-refractivity contribution in [2.45, 2.75) is 50.3 Å². The van der Waals surface area contributed by atoms with Crippen molar-refractivity contribution < 1.29 is 36.3 Å². The first-order valence-corrected chi connectivity index (χ1v) is 13.5. The standard InChI is InChI=1S/C22H31N5O3S.C2HF3O2/c1-16(2)9-12-26-14-19-21(22(28)25-11-10-17(13-25)24(3)4)23-15-27(19)18-7-5-6-8-20(18)31(26,29)30;3-2(4,5)1(6)7/h5-8,15-17H,9-14H2,1-4H3;(H,6,7). The topological polar surface area (TPSA) is 116 Å². The van der Waals surface area contributed by atoms with Crippen LogP contribution < -0.4 is 0 Å². The molecule has 4 rings (SSSR count). The Morgan fingerprint density at radius 2 is 1.84 bits per heavy atom. The molecule has 0 saturated carbocycles. The molecule has 2 aliphatic heterocycles. The largest absolute Gasteiger partial charge is 0.490 e. The molecular weight excluding hydrogens is 527 g/mol. The van der Waals surface area contributed by atoms with Gasteiger partial charge in [0.25, 0.3) is 5.91 Å². The van der Waals surface area contributed by atoms with E-state index in [4.69, 9.17) is 9.90 Å². The first-order valence-electron chi connectivity index (χ1n) is 12.1. The molecule has 38 heavy (non-hydrogen) atoms. The van der Waals surface area contributed by atoms with Gasteiger partial charge in [-0.3, -0.25) is 9.36 Å². The molecule has 0 radical (unpaired) electrons. The van der Waals surface area contributed by atoms with Crippen molar-refractivity contribution in [2.75, 3.05) is 33.7 Å². The molecule has 1 aromatic heterocycles. The number of rotatable bonds is 5. The van der Waals surface area contributed by atoms with Crippen LogP contribution in [0.15, 0.2) is 35.5 Å². The van der Waals surface area contributed by atoms with Gasteiger partial charge in [-0.25, -0.2) is 18.2 Å². The number of imidazole rings is 1. The highest BCUT2D eigenvalue weighted by molar-refractivity contribution is 7.89. The number of para-hydroxylation sites is 1. The number of amides is 1. The number of likely N-dealkylation sites (tertiary alicyclic amines) is 1. The van der Waals surface area contributed by atoms with E-state index in [0.717, 1.165) is 12.8 Å². The zero-order chi connectivity index (χ0) is 28.4. The molecule has 14 heteroatoms. The van der Waals surface area contributed by atoms with Crippen LogP contribution in [0.3, 0.4) is 0 Å². The summed E-state index contributed by atoms with van der Waals surface area (Å²) in [6.07, 6.45) is -1.83. The molecular formula is C24H32F3N5O5S. The van der Waals surface area contributed by atoms with Gasteiger partial charge < -0.3 is 14.9 Å². The Morgan fingerprint density at radius 3 is 2.39 bits per heavy atom. The highest BCUT2D eigenvalue weighted by Crippen LogP contribution is 2.32. The second kappa shape index (κ2) is 11.4. The number of carbonyl (C=O) groups is 2. The van der Waals surface area contributed by atoms with Crippen molar-refractivity contribution in [3.8, 4) is 5.69 Å². The first kappa shape index (κ1) is 29.6. The lowest BCUT2D eigenvalue weighted by atomic mass is 10.1. The Kier molecular flexibility index (Phi) is 8.89. The summed E-state index contributed by atoms with van der Waals surface area (Å²) in [5.41, 5.74) is 1.53. The van der Waals surface area contributed by atoms with Crippen molar-refractivity contribution >= 4 is 21.9 Å². The number of aromatic nitrogens is 2. The third-order valence-electron chi connectivity index (χ3n) is 6.52. The van der Waals surface area contributed by atoms with Crippen LogP contribution in [0, 0.1) is 5.92 Å². The molecule has 1 saturated heterocycles. The number of likely N-dealkylation sites (N-methyl/N-ethyl adjacent to an activating group) is 1. The minimum atomic E-state index is -5.08. The maximum absolute atomic E-state index is 13.4. The van der Waals surface area contributed by atoms with E-state index in [1.165, 1.54) is 4.31 Å². The van der Waals surface area contributed by atoms with Crippen LogP contribution in [-0.4, -0.2) is 95.0 Å². The third-order valence-corrected chi connectivity index (χ3v) is 8.41. The Labute approximate surface area is 219 Å². The predicted octanol–water partition coefficient (Wildman–Crippen LogP) is 2.83. The van der Waals surface area contributed by atoms with E-state index < -0.39 is 22.2 Å². The Morgan fingerprint density at radius 1 is 1.21 bits per heavy atom. The third kappa shape index (κ3) is 6.35. The molecule has 1 amide bonds. The van der Waals surface area contributed by atoms with Gasteiger partial charge in [0, 0.05) is 25.7 Å². The van der Waals surface area contributed by atoms with Crippen molar-refractivity contribution in [1.29, 1.82) is 0 Å². The van der Waals surface area contributed by atoms with Crippen molar-refractivity contribution in [3.05, 3.63) is 42.0 Å². The summed E-state index contributed by atoms with van der Waals surface area (Å²) in [5, 5.41) is 7.12. The summed E-state index contributed by atoms with van der Waals surface area (Å²) in [7, 11) is 0.366. The van der Waals surface area contributed by atoms with E-state index >= 15 is 0 Å². The summed E-state index contributed by atoms with van der Waals surface area (Å²) in [6.45, 7) is 6.03. The van der Waals surface area contributed by atoms with Gasteiger partial charge in [0.1, 0.15) is 11.2 Å². The SMILES string of the molecule is CC(C)CCN1Cc2c(C(=O)N3CCC(N(C)C)C3)ncn2-c2ccccc2S1(=O)=O.O=C(O)C(F)(F)F. The fourth-order valence-electron chi connectivity index (χ4n) is 4.28. The van der Waals surface area contributed by atoms with Crippen LogP contribution >= 0.6 is 0 Å². The number of nitrogens with zero attached hydrogens (tertiary/aromatic N) is 5. The number of alkyl halides is 3. The average Bonchev–Trinajstić information content (AvgIpc) is 3.47. The molecule has 210 valence electrons. The summed E-state index contributed by atoms with van der Waals surface area (Å²) >= 11 is 0. The highest BCUT2D eigenvalue weighted by Gasteiger charge is 2.38. The van der Waals surface area contributed by atoms with E-state index in [-0.39, 0.29) is 17.3 Å². The molecule has 0 bridgehead atoms. The molecule has 2 aliphatic rings. The molecule has 1 atom stereocenters. The fourth-order valence-corrected chi connectivity index (χ4v) is 5.87. The van der Waals surface area contributed by atoms with Gasteiger partial charge in [0.05, 0.1) is 17.9 Å². The lowest BCUT2D eigenvalue weighted by Crippen LogP contribution is -2.36. The average molecular weight is 560 g/mol. The van der Waals surface area contributed by atoms with Crippen LogP contribution in [0.5, 0.6) is 0 Å². The van der Waals surface area contributed by atoms with Gasteiger partial charge in [-0.05, 0) is 45.0 Å². The quantitative estimate of drug-likeness (QED) is 0.599. The van der Waals surface area contributed by atoms with Gasteiger partial charge in [0.2, 0.25) is 10.0 Å². The summed E-state index contributed by atoms with van der Waals surface area (Å²) in [4.78, 5) is 31.0. The fraction of sp³-hybridized carbons (Fsp3) is 0.542. The second-order valence-electron chi connectivity index (χ2n) is 9.86. The minimum absolute atomic E-state index is 0.126. The first-order chi connectivity index (χ1) is 17.6. The van der Waals surface area contributed by atoms with Crippen LogP contribution in [0.25, 0.3) is 5.69 Å².